The zero-order valence-corrected chi connectivity index (χ0v) is 12.8. The van der Waals surface area contributed by atoms with Gasteiger partial charge in [0.2, 0.25) is 0 Å². The Morgan fingerprint density at radius 2 is 2.04 bits per heavy atom. The second-order valence-corrected chi connectivity index (χ2v) is 6.94. The summed E-state index contributed by atoms with van der Waals surface area (Å²) in [6.07, 6.45) is 1.08. The highest BCUT2D eigenvalue weighted by molar-refractivity contribution is 7.88. The number of aryl methyl sites for hydroxylation is 1. The summed E-state index contributed by atoms with van der Waals surface area (Å²) in [4.78, 5) is 22.4. The van der Waals surface area contributed by atoms with Crippen LogP contribution in [-0.2, 0) is 10.1 Å². The average Bonchev–Trinajstić information content (AvgIpc) is 2.77. The number of fused-ring (bicyclic) bond motifs is 3. The predicted molar refractivity (Wildman–Crippen MR) is 75.9 cm³/mol. The van der Waals surface area contributed by atoms with E-state index in [9.17, 15) is 26.4 Å². The van der Waals surface area contributed by atoms with E-state index in [4.69, 9.17) is 0 Å². The number of thiophene rings is 1. The van der Waals surface area contributed by atoms with Crippen molar-refractivity contribution in [1.82, 2.24) is 15.0 Å². The molecule has 0 saturated heterocycles. The first-order valence-corrected chi connectivity index (χ1v) is 8.11. The molecule has 3 heterocycles. The van der Waals surface area contributed by atoms with Crippen molar-refractivity contribution in [2.45, 2.75) is 12.4 Å². The molecule has 12 heteroatoms. The van der Waals surface area contributed by atoms with Crippen molar-refractivity contribution in [1.29, 1.82) is 0 Å². The van der Waals surface area contributed by atoms with Crippen LogP contribution >= 0.6 is 11.3 Å². The van der Waals surface area contributed by atoms with E-state index in [2.05, 4.69) is 19.1 Å². The lowest BCUT2D eigenvalue weighted by atomic mass is 10.3. The van der Waals surface area contributed by atoms with E-state index >= 15 is 0 Å². The molecule has 0 atom stereocenters. The van der Waals surface area contributed by atoms with Crippen LogP contribution in [0.1, 0.15) is 5.82 Å². The lowest BCUT2D eigenvalue weighted by Crippen LogP contribution is -2.28. The number of H-pyrrole nitrogens is 1. The second-order valence-electron chi connectivity index (χ2n) is 4.40. The molecule has 0 radical (unpaired) electrons. The minimum Gasteiger partial charge on any atom is -0.375 e. The molecular weight excluding hydrogens is 359 g/mol. The van der Waals surface area contributed by atoms with Gasteiger partial charge in [0, 0.05) is 12.3 Å². The molecule has 0 aromatic carbocycles. The van der Waals surface area contributed by atoms with Crippen molar-refractivity contribution in [2.75, 3.05) is 0 Å². The first-order valence-electron chi connectivity index (χ1n) is 5.89. The summed E-state index contributed by atoms with van der Waals surface area (Å²) in [6.45, 7) is 1.48. The van der Waals surface area contributed by atoms with Crippen molar-refractivity contribution < 1.29 is 25.8 Å². The maximum atomic E-state index is 12.5. The van der Waals surface area contributed by atoms with Crippen LogP contribution in [0.3, 0.4) is 0 Å². The van der Waals surface area contributed by atoms with Crippen LogP contribution in [0, 0.1) is 6.92 Å². The molecule has 23 heavy (non-hydrogen) atoms. The fraction of sp³-hybridized carbons (Fsp3) is 0.182. The number of alkyl halides is 3. The van der Waals surface area contributed by atoms with Crippen molar-refractivity contribution in [3.05, 3.63) is 28.4 Å². The molecule has 0 aliphatic heterocycles. The second kappa shape index (κ2) is 4.89. The molecule has 0 bridgehead atoms. The van der Waals surface area contributed by atoms with E-state index in [1.54, 1.807) is 0 Å². The number of hydrogen-bond acceptors (Lipinski definition) is 7. The fourth-order valence-corrected chi connectivity index (χ4v) is 3.36. The standard InChI is InChI=1S/C11H6F3N3O4S2/c1-4-16-7-6-5(21-23(19,20)11(12,13)14)2-3-15-10(6)22-8(7)9(18)17-4/h2-3H,1H3,(H,16,17,18). The number of hydrogen-bond donors (Lipinski definition) is 1. The van der Waals surface area contributed by atoms with Crippen LogP contribution in [0.15, 0.2) is 17.1 Å². The van der Waals surface area contributed by atoms with Gasteiger partial charge >= 0.3 is 15.6 Å². The van der Waals surface area contributed by atoms with E-state index in [-0.39, 0.29) is 26.3 Å². The summed E-state index contributed by atoms with van der Waals surface area (Å²) in [6, 6.07) is 0.968. The molecule has 0 amide bonds. The maximum absolute atomic E-state index is 12.5. The number of pyridine rings is 1. The minimum absolute atomic E-state index is 0.0340. The lowest BCUT2D eigenvalue weighted by molar-refractivity contribution is -0.0499. The molecule has 7 nitrogen and oxygen atoms in total. The van der Waals surface area contributed by atoms with Crippen molar-refractivity contribution in [2.24, 2.45) is 0 Å². The highest BCUT2D eigenvalue weighted by Crippen LogP contribution is 2.37. The SMILES string of the molecule is Cc1nc2c(sc3nccc(OS(=O)(=O)C(F)(F)F)c32)c(=O)[nH]1. The van der Waals surface area contributed by atoms with Crippen molar-refractivity contribution in [3.8, 4) is 5.75 Å². The Morgan fingerprint density at radius 3 is 2.70 bits per heavy atom. The molecule has 0 spiro atoms. The summed E-state index contributed by atoms with van der Waals surface area (Å²) in [5, 5.41) is -0.0606. The average molecular weight is 365 g/mol. The largest absolute Gasteiger partial charge is 0.534 e. The Morgan fingerprint density at radius 1 is 1.35 bits per heavy atom. The number of halogens is 3. The van der Waals surface area contributed by atoms with Gasteiger partial charge in [-0.3, -0.25) is 4.79 Å². The molecule has 3 rings (SSSR count). The van der Waals surface area contributed by atoms with Gasteiger partial charge in [-0.05, 0) is 6.92 Å². The smallest absolute Gasteiger partial charge is 0.375 e. The monoisotopic (exact) mass is 365 g/mol. The third kappa shape index (κ3) is 2.53. The molecule has 0 saturated carbocycles. The minimum atomic E-state index is -5.85. The Kier molecular flexibility index (Phi) is 3.33. The molecule has 0 aliphatic carbocycles. The number of aromatic nitrogens is 3. The van der Waals surface area contributed by atoms with Gasteiger partial charge in [0.15, 0.2) is 5.75 Å². The van der Waals surface area contributed by atoms with E-state index in [1.165, 1.54) is 6.92 Å². The van der Waals surface area contributed by atoms with E-state index in [0.717, 1.165) is 23.6 Å². The third-order valence-corrected chi connectivity index (χ3v) is 4.84. The predicted octanol–water partition coefficient (Wildman–Crippen LogP) is 2.07. The van der Waals surface area contributed by atoms with Crippen LogP contribution in [0.5, 0.6) is 5.75 Å². The van der Waals surface area contributed by atoms with Gasteiger partial charge in [-0.1, -0.05) is 0 Å². The normalized spacial score (nSPS) is 12.9. The van der Waals surface area contributed by atoms with Gasteiger partial charge in [0.05, 0.1) is 5.39 Å². The number of aromatic amines is 1. The summed E-state index contributed by atoms with van der Waals surface area (Å²) in [5.41, 5.74) is -6.04. The van der Waals surface area contributed by atoms with Gasteiger partial charge in [-0.15, -0.1) is 11.3 Å². The van der Waals surface area contributed by atoms with Crippen LogP contribution in [0.25, 0.3) is 20.4 Å². The van der Waals surface area contributed by atoms with Crippen molar-refractivity contribution >= 4 is 41.9 Å². The third-order valence-electron chi connectivity index (χ3n) is 2.79. The van der Waals surface area contributed by atoms with E-state index < -0.39 is 26.9 Å². The van der Waals surface area contributed by atoms with E-state index in [1.807, 2.05) is 0 Å². The topological polar surface area (TPSA) is 102 Å². The van der Waals surface area contributed by atoms with Crippen molar-refractivity contribution in [3.63, 3.8) is 0 Å². The van der Waals surface area contributed by atoms with Gasteiger partial charge in [-0.2, -0.15) is 21.6 Å². The number of nitrogens with one attached hydrogen (secondary N) is 1. The highest BCUT2D eigenvalue weighted by Gasteiger charge is 2.48. The highest BCUT2D eigenvalue weighted by atomic mass is 32.2. The first kappa shape index (κ1) is 15.7. The summed E-state index contributed by atoms with van der Waals surface area (Å²) >= 11 is 0.871. The molecule has 1 N–H and O–H groups in total. The van der Waals surface area contributed by atoms with Crippen LogP contribution in [0.4, 0.5) is 13.2 Å². The van der Waals surface area contributed by atoms with Gasteiger partial charge < -0.3 is 9.17 Å². The Balaban J connectivity index is 2.33. The summed E-state index contributed by atoms with van der Waals surface area (Å²) < 4.78 is 64.2. The quantitative estimate of drug-likeness (QED) is 0.551. The summed E-state index contributed by atoms with van der Waals surface area (Å²) in [5.74, 6) is -0.369. The number of nitrogens with zero attached hydrogens (tertiary/aromatic N) is 2. The van der Waals surface area contributed by atoms with Gasteiger partial charge in [-0.25, -0.2) is 9.97 Å². The molecule has 3 aromatic heterocycles. The van der Waals surface area contributed by atoms with Gasteiger partial charge in [0.25, 0.3) is 5.56 Å². The Labute approximate surface area is 129 Å². The lowest BCUT2D eigenvalue weighted by Gasteiger charge is -2.09. The Hall–Kier alpha value is -2.21. The molecule has 3 aromatic rings. The van der Waals surface area contributed by atoms with E-state index in [0.29, 0.717) is 0 Å². The van der Waals surface area contributed by atoms with Crippen LogP contribution < -0.4 is 9.74 Å². The van der Waals surface area contributed by atoms with Gasteiger partial charge in [0.1, 0.15) is 20.9 Å². The molecular formula is C11H6F3N3O4S2. The Bertz CT molecular complexity index is 1090. The fourth-order valence-electron chi connectivity index (χ4n) is 1.89. The maximum Gasteiger partial charge on any atom is 0.534 e. The molecule has 122 valence electrons. The molecule has 0 aliphatic rings. The molecule has 0 fully saturated rings. The first-order chi connectivity index (χ1) is 10.6. The zero-order chi connectivity index (χ0) is 17.0. The van der Waals surface area contributed by atoms with Crippen LogP contribution in [0.2, 0.25) is 0 Å². The molecule has 0 unspecified atom stereocenters. The number of rotatable bonds is 2. The summed E-state index contributed by atoms with van der Waals surface area (Å²) in [7, 11) is -5.85. The van der Waals surface area contributed by atoms with Crippen LogP contribution in [-0.4, -0.2) is 28.9 Å². The zero-order valence-electron chi connectivity index (χ0n) is 11.1.